The van der Waals surface area contributed by atoms with E-state index in [9.17, 15) is 9.59 Å². The van der Waals surface area contributed by atoms with Crippen LogP contribution in [0.2, 0.25) is 0 Å². The van der Waals surface area contributed by atoms with E-state index in [0.29, 0.717) is 12.8 Å². The molecule has 1 N–H and O–H groups in total. The van der Waals surface area contributed by atoms with Crippen molar-refractivity contribution >= 4 is 11.9 Å². The Morgan fingerprint density at radius 1 is 0.486 bits per heavy atom. The van der Waals surface area contributed by atoms with Crippen molar-refractivity contribution in [1.29, 1.82) is 0 Å². The second kappa shape index (κ2) is 29.5. The monoisotopic (exact) mass is 524 g/mol. The van der Waals surface area contributed by atoms with E-state index in [1.807, 2.05) is 0 Å². The fourth-order valence-electron chi connectivity index (χ4n) is 5.13. The summed E-state index contributed by atoms with van der Waals surface area (Å²) in [4.78, 5) is 23.0. The Hall–Kier alpha value is -1.06. The van der Waals surface area contributed by atoms with Crippen LogP contribution >= 0.6 is 0 Å². The van der Waals surface area contributed by atoms with Gasteiger partial charge >= 0.3 is 11.9 Å². The lowest BCUT2D eigenvalue weighted by molar-refractivity contribution is -0.150. The van der Waals surface area contributed by atoms with E-state index in [4.69, 9.17) is 9.84 Å². The molecule has 0 aliphatic heterocycles. The number of rotatable bonds is 30. The van der Waals surface area contributed by atoms with E-state index in [1.54, 1.807) is 0 Å². The molecule has 0 bridgehead atoms. The first-order chi connectivity index (χ1) is 18.1. The third kappa shape index (κ3) is 29.4. The third-order valence-electron chi connectivity index (χ3n) is 7.58. The lowest BCUT2D eigenvalue weighted by Crippen LogP contribution is -2.18. The normalized spacial score (nSPS) is 12.1. The number of aliphatic carboxylic acids is 1. The minimum Gasteiger partial charge on any atom is -0.481 e. The van der Waals surface area contributed by atoms with Gasteiger partial charge in [-0.3, -0.25) is 9.59 Å². The molecule has 0 aromatic heterocycles. The first-order valence-corrected chi connectivity index (χ1v) is 16.5. The second-order valence-electron chi connectivity index (χ2n) is 11.4. The summed E-state index contributed by atoms with van der Waals surface area (Å²) < 4.78 is 5.93. The van der Waals surface area contributed by atoms with Crippen molar-refractivity contribution in [2.75, 3.05) is 0 Å². The zero-order chi connectivity index (χ0) is 27.2. The molecule has 0 radical (unpaired) electrons. The van der Waals surface area contributed by atoms with Crippen LogP contribution in [0.25, 0.3) is 0 Å². The molecule has 0 heterocycles. The van der Waals surface area contributed by atoms with Gasteiger partial charge in [-0.05, 0) is 38.5 Å². The van der Waals surface area contributed by atoms with Crippen LogP contribution < -0.4 is 0 Å². The average Bonchev–Trinajstić information content (AvgIpc) is 2.87. The molecule has 0 amide bonds. The first-order valence-electron chi connectivity index (χ1n) is 16.5. The zero-order valence-corrected chi connectivity index (χ0v) is 25.0. The highest BCUT2D eigenvalue weighted by atomic mass is 16.5. The number of ether oxygens (including phenoxy) is 1. The predicted molar refractivity (Wildman–Crippen MR) is 158 cm³/mol. The summed E-state index contributed by atoms with van der Waals surface area (Å²) in [5.74, 6) is -0.671. The smallest absolute Gasteiger partial charge is 0.306 e. The van der Waals surface area contributed by atoms with Gasteiger partial charge in [0.25, 0.3) is 0 Å². The molecule has 1 unspecified atom stereocenters. The molecule has 220 valence electrons. The largest absolute Gasteiger partial charge is 0.481 e. The van der Waals surface area contributed by atoms with Crippen molar-refractivity contribution < 1.29 is 19.4 Å². The molecule has 0 aliphatic carbocycles. The minimum atomic E-state index is -0.686. The van der Waals surface area contributed by atoms with Gasteiger partial charge in [-0.25, -0.2) is 0 Å². The SMILES string of the molecule is CCCCCCCCCCCCCCCC(=O)OC(CCCCCC)CCCCCCCCCC(=O)O. The molecule has 37 heavy (non-hydrogen) atoms. The molecule has 0 aromatic rings. The molecule has 0 saturated carbocycles. The van der Waals surface area contributed by atoms with E-state index in [2.05, 4.69) is 13.8 Å². The lowest BCUT2D eigenvalue weighted by Gasteiger charge is -2.18. The van der Waals surface area contributed by atoms with Crippen LogP contribution in [-0.4, -0.2) is 23.1 Å². The number of hydrogen-bond donors (Lipinski definition) is 1. The molecule has 0 fully saturated rings. The summed E-state index contributed by atoms with van der Waals surface area (Å²) in [6.45, 7) is 4.51. The van der Waals surface area contributed by atoms with Crippen molar-refractivity contribution in [2.45, 2.75) is 200 Å². The number of esters is 1. The summed E-state index contributed by atoms with van der Waals surface area (Å²) in [5.41, 5.74) is 0. The van der Waals surface area contributed by atoms with Crippen LogP contribution in [0.4, 0.5) is 0 Å². The van der Waals surface area contributed by atoms with Crippen LogP contribution in [-0.2, 0) is 14.3 Å². The van der Waals surface area contributed by atoms with Crippen LogP contribution in [0.3, 0.4) is 0 Å². The van der Waals surface area contributed by atoms with Gasteiger partial charge in [0, 0.05) is 12.8 Å². The van der Waals surface area contributed by atoms with E-state index >= 15 is 0 Å². The maximum Gasteiger partial charge on any atom is 0.306 e. The van der Waals surface area contributed by atoms with Crippen molar-refractivity contribution in [3.05, 3.63) is 0 Å². The van der Waals surface area contributed by atoms with Crippen LogP contribution in [0.15, 0.2) is 0 Å². The maximum absolute atomic E-state index is 12.5. The van der Waals surface area contributed by atoms with Crippen molar-refractivity contribution in [3.63, 3.8) is 0 Å². The van der Waals surface area contributed by atoms with Crippen molar-refractivity contribution in [2.24, 2.45) is 0 Å². The standard InChI is InChI=1S/C33H64O4/c1-3-5-7-9-10-11-12-13-14-15-19-22-26-30-33(36)37-31(27-23-8-6-4-2)28-24-20-17-16-18-21-25-29-32(34)35/h31H,3-30H2,1-2H3,(H,34,35). The van der Waals surface area contributed by atoms with Gasteiger partial charge in [-0.1, -0.05) is 142 Å². The van der Waals surface area contributed by atoms with Gasteiger partial charge < -0.3 is 9.84 Å². The second-order valence-corrected chi connectivity index (χ2v) is 11.4. The molecule has 0 saturated heterocycles. The highest BCUT2D eigenvalue weighted by Gasteiger charge is 2.14. The quantitative estimate of drug-likeness (QED) is 0.0749. The van der Waals surface area contributed by atoms with Gasteiger partial charge in [0.2, 0.25) is 0 Å². The van der Waals surface area contributed by atoms with Crippen LogP contribution in [0.5, 0.6) is 0 Å². The number of carboxylic acid groups (broad SMARTS) is 1. The van der Waals surface area contributed by atoms with E-state index < -0.39 is 5.97 Å². The van der Waals surface area contributed by atoms with Crippen LogP contribution in [0.1, 0.15) is 194 Å². The first kappa shape index (κ1) is 35.9. The molecule has 1 atom stereocenters. The topological polar surface area (TPSA) is 63.6 Å². The third-order valence-corrected chi connectivity index (χ3v) is 7.58. The molecular weight excluding hydrogens is 460 g/mol. The number of carboxylic acids is 1. The molecular formula is C33H64O4. The summed E-state index contributed by atoms with van der Waals surface area (Å²) in [6.07, 6.45) is 32.7. The van der Waals surface area contributed by atoms with Crippen molar-refractivity contribution in [3.8, 4) is 0 Å². The number of carbonyl (C=O) groups excluding carboxylic acids is 1. The number of carbonyl (C=O) groups is 2. The molecule has 0 aliphatic rings. The summed E-state index contributed by atoms with van der Waals surface area (Å²) in [7, 11) is 0. The van der Waals surface area contributed by atoms with Crippen molar-refractivity contribution in [1.82, 2.24) is 0 Å². The fraction of sp³-hybridized carbons (Fsp3) is 0.939. The summed E-state index contributed by atoms with van der Waals surface area (Å²) >= 11 is 0. The summed E-state index contributed by atoms with van der Waals surface area (Å²) in [6, 6.07) is 0. The molecule has 0 spiro atoms. The highest BCUT2D eigenvalue weighted by Crippen LogP contribution is 2.18. The van der Waals surface area contributed by atoms with Gasteiger partial charge in [0.1, 0.15) is 6.10 Å². The zero-order valence-electron chi connectivity index (χ0n) is 25.0. The van der Waals surface area contributed by atoms with Gasteiger partial charge in [-0.2, -0.15) is 0 Å². The Labute approximate surface area is 231 Å². The number of hydrogen-bond acceptors (Lipinski definition) is 3. The van der Waals surface area contributed by atoms with Crippen LogP contribution in [0, 0.1) is 0 Å². The molecule has 4 nitrogen and oxygen atoms in total. The Bertz CT molecular complexity index is 491. The molecule has 4 heteroatoms. The van der Waals surface area contributed by atoms with E-state index in [0.717, 1.165) is 57.8 Å². The Morgan fingerprint density at radius 3 is 1.22 bits per heavy atom. The minimum absolute atomic E-state index is 0.0157. The molecule has 0 rings (SSSR count). The highest BCUT2D eigenvalue weighted by molar-refractivity contribution is 5.69. The van der Waals surface area contributed by atoms with E-state index in [-0.39, 0.29) is 12.1 Å². The Morgan fingerprint density at radius 2 is 0.811 bits per heavy atom. The van der Waals surface area contributed by atoms with Gasteiger partial charge in [0.15, 0.2) is 0 Å². The van der Waals surface area contributed by atoms with Gasteiger partial charge in [-0.15, -0.1) is 0 Å². The lowest BCUT2D eigenvalue weighted by atomic mass is 10.0. The average molecular weight is 525 g/mol. The number of unbranched alkanes of at least 4 members (excludes halogenated alkanes) is 21. The maximum atomic E-state index is 12.5. The Balaban J connectivity index is 3.81. The summed E-state index contributed by atoms with van der Waals surface area (Å²) in [5, 5.41) is 8.70. The Kier molecular flexibility index (Phi) is 28.7. The van der Waals surface area contributed by atoms with Gasteiger partial charge in [0.05, 0.1) is 0 Å². The predicted octanol–water partition coefficient (Wildman–Crippen LogP) is 10.9. The fourth-order valence-corrected chi connectivity index (χ4v) is 5.13. The molecule has 0 aromatic carbocycles. The van der Waals surface area contributed by atoms with E-state index in [1.165, 1.54) is 109 Å².